The van der Waals surface area contributed by atoms with E-state index in [9.17, 15) is 19.5 Å². The molecule has 0 bridgehead atoms. The van der Waals surface area contributed by atoms with Crippen LogP contribution in [0.2, 0.25) is 0 Å². The van der Waals surface area contributed by atoms with Crippen molar-refractivity contribution in [2.45, 2.75) is 57.5 Å². The molecule has 146 valence electrons. The summed E-state index contributed by atoms with van der Waals surface area (Å²) < 4.78 is 0. The van der Waals surface area contributed by atoms with E-state index in [0.29, 0.717) is 19.4 Å². The Kier molecular flexibility index (Phi) is 6.14. The molecule has 3 rings (SSSR count). The van der Waals surface area contributed by atoms with Crippen LogP contribution in [-0.2, 0) is 14.4 Å². The first-order chi connectivity index (χ1) is 13.0. The summed E-state index contributed by atoms with van der Waals surface area (Å²) in [4.78, 5) is 38.5. The molecule has 1 aliphatic heterocycles. The number of carbonyl (C=O) groups is 3. The Bertz CT molecular complexity index is 691. The van der Waals surface area contributed by atoms with E-state index in [2.05, 4.69) is 5.32 Å². The number of benzene rings is 1. The predicted molar refractivity (Wildman–Crippen MR) is 101 cm³/mol. The maximum absolute atomic E-state index is 12.8. The lowest BCUT2D eigenvalue weighted by molar-refractivity contribution is -0.143. The number of rotatable bonds is 5. The summed E-state index contributed by atoms with van der Waals surface area (Å²) in [5, 5.41) is 12.4. The van der Waals surface area contributed by atoms with E-state index in [1.807, 2.05) is 37.3 Å². The molecule has 2 aliphatic rings. The van der Waals surface area contributed by atoms with Crippen molar-refractivity contribution >= 4 is 17.8 Å². The monoisotopic (exact) mass is 372 g/mol. The van der Waals surface area contributed by atoms with Crippen molar-refractivity contribution < 1.29 is 19.5 Å². The molecule has 1 aromatic rings. The molecule has 0 unspecified atom stereocenters. The van der Waals surface area contributed by atoms with Gasteiger partial charge in [0.1, 0.15) is 0 Å². The van der Waals surface area contributed by atoms with Crippen molar-refractivity contribution in [3.8, 4) is 0 Å². The summed E-state index contributed by atoms with van der Waals surface area (Å²) in [6.45, 7) is 2.35. The molecule has 4 atom stereocenters. The highest BCUT2D eigenvalue weighted by molar-refractivity contribution is 5.89. The SMILES string of the molecule is C[C@H](c1ccccc1)N1C[C@H](C(=O)N[C@@H]2CCCCC[C@@H]2C(=O)O)CC1=O. The molecule has 1 aliphatic carbocycles. The second kappa shape index (κ2) is 8.55. The minimum atomic E-state index is -0.843. The van der Waals surface area contributed by atoms with Crippen molar-refractivity contribution in [3.05, 3.63) is 35.9 Å². The zero-order chi connectivity index (χ0) is 19.4. The van der Waals surface area contributed by atoms with Crippen LogP contribution in [0.3, 0.4) is 0 Å². The van der Waals surface area contributed by atoms with Crippen LogP contribution in [-0.4, -0.2) is 40.4 Å². The summed E-state index contributed by atoms with van der Waals surface area (Å²) in [5.41, 5.74) is 1.04. The molecule has 1 saturated heterocycles. The van der Waals surface area contributed by atoms with E-state index in [1.165, 1.54) is 0 Å². The fraction of sp³-hybridized carbons (Fsp3) is 0.571. The first-order valence-corrected chi connectivity index (χ1v) is 9.85. The second-order valence-electron chi connectivity index (χ2n) is 7.73. The topological polar surface area (TPSA) is 86.7 Å². The highest BCUT2D eigenvalue weighted by Gasteiger charge is 2.39. The van der Waals surface area contributed by atoms with Gasteiger partial charge in [-0.25, -0.2) is 0 Å². The van der Waals surface area contributed by atoms with E-state index < -0.39 is 17.8 Å². The van der Waals surface area contributed by atoms with Gasteiger partial charge in [-0.05, 0) is 25.3 Å². The predicted octanol–water partition coefficient (Wildman–Crippen LogP) is 2.75. The van der Waals surface area contributed by atoms with Crippen molar-refractivity contribution in [2.75, 3.05) is 6.54 Å². The Balaban J connectivity index is 1.64. The highest BCUT2D eigenvalue weighted by atomic mass is 16.4. The van der Waals surface area contributed by atoms with Gasteiger partial charge in [-0.3, -0.25) is 14.4 Å². The van der Waals surface area contributed by atoms with Crippen LogP contribution >= 0.6 is 0 Å². The third-order valence-electron chi connectivity index (χ3n) is 5.94. The average molecular weight is 372 g/mol. The van der Waals surface area contributed by atoms with Crippen LogP contribution in [0.25, 0.3) is 0 Å². The van der Waals surface area contributed by atoms with E-state index in [4.69, 9.17) is 0 Å². The number of carbonyl (C=O) groups excluding carboxylic acids is 2. The lowest BCUT2D eigenvalue weighted by Gasteiger charge is -2.26. The van der Waals surface area contributed by atoms with Crippen molar-refractivity contribution in [1.82, 2.24) is 10.2 Å². The van der Waals surface area contributed by atoms with Crippen LogP contribution in [0, 0.1) is 11.8 Å². The van der Waals surface area contributed by atoms with Gasteiger partial charge in [0.15, 0.2) is 0 Å². The molecule has 27 heavy (non-hydrogen) atoms. The molecule has 0 radical (unpaired) electrons. The second-order valence-corrected chi connectivity index (χ2v) is 7.73. The minimum absolute atomic E-state index is 0.0258. The summed E-state index contributed by atoms with van der Waals surface area (Å²) in [6.07, 6.45) is 4.28. The molecule has 2 fully saturated rings. The van der Waals surface area contributed by atoms with Gasteiger partial charge in [-0.2, -0.15) is 0 Å². The van der Waals surface area contributed by atoms with E-state index in [-0.39, 0.29) is 30.3 Å². The first kappa shape index (κ1) is 19.4. The molecule has 6 nitrogen and oxygen atoms in total. The summed E-state index contributed by atoms with van der Waals surface area (Å²) in [5.74, 6) is -2.01. The van der Waals surface area contributed by atoms with E-state index in [0.717, 1.165) is 24.8 Å². The number of carboxylic acids is 1. The quantitative estimate of drug-likeness (QED) is 0.778. The number of likely N-dealkylation sites (tertiary alicyclic amines) is 1. The zero-order valence-electron chi connectivity index (χ0n) is 15.8. The molecular formula is C21H28N2O4. The summed E-state index contributed by atoms with van der Waals surface area (Å²) in [6, 6.07) is 9.35. The van der Waals surface area contributed by atoms with Crippen molar-refractivity contribution in [1.29, 1.82) is 0 Å². The molecule has 0 spiro atoms. The Morgan fingerprint density at radius 3 is 2.56 bits per heavy atom. The van der Waals surface area contributed by atoms with Gasteiger partial charge in [0.25, 0.3) is 0 Å². The summed E-state index contributed by atoms with van der Waals surface area (Å²) in [7, 11) is 0. The van der Waals surface area contributed by atoms with Gasteiger partial charge < -0.3 is 15.3 Å². The largest absolute Gasteiger partial charge is 0.481 e. The number of nitrogens with zero attached hydrogens (tertiary/aromatic N) is 1. The van der Waals surface area contributed by atoms with Gasteiger partial charge in [-0.1, -0.05) is 49.6 Å². The fourth-order valence-corrected chi connectivity index (χ4v) is 4.27. The Labute approximate surface area is 159 Å². The zero-order valence-corrected chi connectivity index (χ0v) is 15.8. The van der Waals surface area contributed by atoms with Crippen LogP contribution in [0.1, 0.15) is 57.1 Å². The Morgan fingerprint density at radius 2 is 1.85 bits per heavy atom. The number of aliphatic carboxylic acids is 1. The number of hydrogen-bond donors (Lipinski definition) is 2. The molecule has 1 heterocycles. The van der Waals surface area contributed by atoms with Crippen LogP contribution in [0.15, 0.2) is 30.3 Å². The van der Waals surface area contributed by atoms with Crippen molar-refractivity contribution in [2.24, 2.45) is 11.8 Å². The summed E-state index contributed by atoms with van der Waals surface area (Å²) >= 11 is 0. The highest BCUT2D eigenvalue weighted by Crippen LogP contribution is 2.29. The standard InChI is InChI=1S/C21H28N2O4/c1-14(15-8-4-2-5-9-15)23-13-16(12-19(23)24)20(25)22-18-11-7-3-6-10-17(18)21(26)27/h2,4-5,8-9,14,16-18H,3,6-7,10-13H2,1H3,(H,22,25)(H,26,27)/t14-,16-,17+,18-/m1/s1. The maximum atomic E-state index is 12.8. The number of hydrogen-bond acceptors (Lipinski definition) is 3. The normalized spacial score (nSPS) is 27.1. The van der Waals surface area contributed by atoms with Crippen LogP contribution in [0.5, 0.6) is 0 Å². The molecule has 0 aromatic heterocycles. The molecule has 1 aromatic carbocycles. The first-order valence-electron chi connectivity index (χ1n) is 9.85. The van der Waals surface area contributed by atoms with Crippen LogP contribution in [0.4, 0.5) is 0 Å². The fourth-order valence-electron chi connectivity index (χ4n) is 4.27. The van der Waals surface area contributed by atoms with Crippen molar-refractivity contribution in [3.63, 3.8) is 0 Å². The Morgan fingerprint density at radius 1 is 1.15 bits per heavy atom. The van der Waals surface area contributed by atoms with Gasteiger partial charge in [0.05, 0.1) is 17.9 Å². The minimum Gasteiger partial charge on any atom is -0.481 e. The third-order valence-corrected chi connectivity index (χ3v) is 5.94. The molecule has 2 N–H and O–H groups in total. The lowest BCUT2D eigenvalue weighted by Crippen LogP contribution is -2.45. The van der Waals surface area contributed by atoms with E-state index in [1.54, 1.807) is 4.90 Å². The van der Waals surface area contributed by atoms with Crippen LogP contribution < -0.4 is 5.32 Å². The number of amides is 2. The van der Waals surface area contributed by atoms with Gasteiger partial charge >= 0.3 is 5.97 Å². The molecule has 1 saturated carbocycles. The molecule has 6 heteroatoms. The third kappa shape index (κ3) is 4.49. The average Bonchev–Trinajstić information content (AvgIpc) is 2.90. The number of nitrogens with one attached hydrogen (secondary N) is 1. The molecule has 2 amide bonds. The van der Waals surface area contributed by atoms with Gasteiger partial charge in [0.2, 0.25) is 11.8 Å². The maximum Gasteiger partial charge on any atom is 0.308 e. The van der Waals surface area contributed by atoms with Gasteiger partial charge in [0, 0.05) is 19.0 Å². The van der Waals surface area contributed by atoms with E-state index >= 15 is 0 Å². The number of carboxylic acid groups (broad SMARTS) is 1. The molecular weight excluding hydrogens is 344 g/mol. The lowest BCUT2D eigenvalue weighted by atomic mass is 9.94. The smallest absolute Gasteiger partial charge is 0.308 e. The Hall–Kier alpha value is -2.37. The van der Waals surface area contributed by atoms with Gasteiger partial charge in [-0.15, -0.1) is 0 Å².